The molecule has 1 aromatic heterocycles. The second-order valence-corrected chi connectivity index (χ2v) is 7.89. The maximum atomic E-state index is 13.0. The topological polar surface area (TPSA) is 111 Å². The van der Waals surface area contributed by atoms with E-state index >= 15 is 0 Å². The third kappa shape index (κ3) is 6.44. The van der Waals surface area contributed by atoms with Crippen LogP contribution in [0.25, 0.3) is 10.8 Å². The molecule has 0 unspecified atom stereocenters. The van der Waals surface area contributed by atoms with Crippen LogP contribution in [0.2, 0.25) is 0 Å². The molecule has 0 spiro atoms. The number of piperidine rings is 1. The zero-order chi connectivity index (χ0) is 24.7. The molecule has 3 aromatic rings. The second kappa shape index (κ2) is 11.0. The lowest BCUT2D eigenvalue weighted by molar-refractivity contribution is -0.192. The summed E-state index contributed by atoms with van der Waals surface area (Å²) in [5.41, 5.74) is 2.29. The van der Waals surface area contributed by atoms with Crippen LogP contribution in [-0.2, 0) is 11.2 Å². The molecule has 0 radical (unpaired) electrons. The number of nitrogens with one attached hydrogen (secondary N) is 3. The number of benzene rings is 2. The predicted octanol–water partition coefficient (Wildman–Crippen LogP) is 3.96. The highest BCUT2D eigenvalue weighted by molar-refractivity contribution is 6.09. The smallest absolute Gasteiger partial charge is 0.475 e. The molecule has 7 nitrogen and oxygen atoms in total. The van der Waals surface area contributed by atoms with Crippen LogP contribution in [0.15, 0.2) is 59.5 Å². The van der Waals surface area contributed by atoms with E-state index in [-0.39, 0.29) is 11.5 Å². The number of hydrogen-bond donors (Lipinski definition) is 4. The number of amides is 1. The van der Waals surface area contributed by atoms with Gasteiger partial charge in [-0.3, -0.25) is 9.59 Å². The summed E-state index contributed by atoms with van der Waals surface area (Å²) >= 11 is 0. The summed E-state index contributed by atoms with van der Waals surface area (Å²) in [4.78, 5) is 36.5. The van der Waals surface area contributed by atoms with E-state index < -0.39 is 12.1 Å². The van der Waals surface area contributed by atoms with Crippen molar-refractivity contribution in [3.63, 3.8) is 0 Å². The minimum atomic E-state index is -5.08. The fourth-order valence-electron chi connectivity index (χ4n) is 3.84. The number of aromatic nitrogens is 1. The van der Waals surface area contributed by atoms with Crippen LogP contribution in [-0.4, -0.2) is 41.2 Å². The van der Waals surface area contributed by atoms with Crippen molar-refractivity contribution >= 4 is 28.3 Å². The van der Waals surface area contributed by atoms with Gasteiger partial charge in [0.15, 0.2) is 0 Å². The number of fused-ring (bicyclic) bond motifs is 1. The number of pyridine rings is 1. The standard InChI is InChI=1S/C22H23N3O2.C2HF3O2/c26-21-19-6-3-7-20(18(19)10-13-24-21)25-22(27)17-5-2-1-4-16(17)14-15-8-11-23-12-9-15;3-2(4,5)1(6)7/h1-7,10,13,15,23H,8-9,11-12,14H2,(H,24,26)(H,25,27);(H,6,7). The quantitative estimate of drug-likeness (QED) is 0.457. The first-order valence-electron chi connectivity index (χ1n) is 10.7. The Morgan fingerprint density at radius 2 is 1.68 bits per heavy atom. The number of aromatic amines is 1. The Labute approximate surface area is 193 Å². The van der Waals surface area contributed by atoms with E-state index in [1.165, 1.54) is 0 Å². The second-order valence-electron chi connectivity index (χ2n) is 7.89. The van der Waals surface area contributed by atoms with Gasteiger partial charge in [-0.2, -0.15) is 13.2 Å². The van der Waals surface area contributed by atoms with Gasteiger partial charge in [0.2, 0.25) is 0 Å². The first-order chi connectivity index (χ1) is 16.2. The van der Waals surface area contributed by atoms with E-state index in [4.69, 9.17) is 9.90 Å². The van der Waals surface area contributed by atoms with Crippen molar-refractivity contribution in [3.05, 3.63) is 76.2 Å². The van der Waals surface area contributed by atoms with Gasteiger partial charge < -0.3 is 20.7 Å². The number of alkyl halides is 3. The van der Waals surface area contributed by atoms with Crippen LogP contribution in [0, 0.1) is 5.92 Å². The van der Waals surface area contributed by atoms with Gasteiger partial charge in [-0.1, -0.05) is 24.3 Å². The molecule has 4 N–H and O–H groups in total. The number of carbonyl (C=O) groups is 2. The Balaban J connectivity index is 0.000000406. The van der Waals surface area contributed by atoms with Gasteiger partial charge in [-0.25, -0.2) is 4.79 Å². The average molecular weight is 475 g/mol. The lowest BCUT2D eigenvalue weighted by Crippen LogP contribution is -2.29. The number of H-pyrrole nitrogens is 1. The first-order valence-corrected chi connectivity index (χ1v) is 10.7. The molecule has 180 valence electrons. The van der Waals surface area contributed by atoms with Crippen LogP contribution in [0.1, 0.15) is 28.8 Å². The zero-order valence-corrected chi connectivity index (χ0v) is 18.1. The predicted molar refractivity (Wildman–Crippen MR) is 122 cm³/mol. The number of anilines is 1. The summed E-state index contributed by atoms with van der Waals surface area (Å²) in [6.45, 7) is 2.09. The number of carbonyl (C=O) groups excluding carboxylic acids is 1. The maximum Gasteiger partial charge on any atom is 0.490 e. The Kier molecular flexibility index (Phi) is 8.06. The molecule has 0 aliphatic carbocycles. The van der Waals surface area contributed by atoms with E-state index in [0.717, 1.165) is 43.3 Å². The Morgan fingerprint density at radius 3 is 2.35 bits per heavy atom. The summed E-state index contributed by atoms with van der Waals surface area (Å²) < 4.78 is 31.7. The normalized spacial score (nSPS) is 14.2. The van der Waals surface area contributed by atoms with Crippen LogP contribution < -0.4 is 16.2 Å². The van der Waals surface area contributed by atoms with Crippen molar-refractivity contribution in [1.29, 1.82) is 0 Å². The van der Waals surface area contributed by atoms with E-state index in [1.54, 1.807) is 18.3 Å². The van der Waals surface area contributed by atoms with E-state index in [0.29, 0.717) is 22.6 Å². The number of rotatable bonds is 4. The van der Waals surface area contributed by atoms with Crippen LogP contribution in [0.4, 0.5) is 18.9 Å². The lowest BCUT2D eigenvalue weighted by atomic mass is 9.89. The zero-order valence-electron chi connectivity index (χ0n) is 18.1. The van der Waals surface area contributed by atoms with Crippen molar-refractivity contribution in [2.24, 2.45) is 5.92 Å². The van der Waals surface area contributed by atoms with Crippen molar-refractivity contribution < 1.29 is 27.9 Å². The highest BCUT2D eigenvalue weighted by Gasteiger charge is 2.38. The minimum absolute atomic E-state index is 0.132. The third-order valence-corrected chi connectivity index (χ3v) is 5.54. The molecule has 2 aromatic carbocycles. The summed E-state index contributed by atoms with van der Waals surface area (Å²) in [7, 11) is 0. The highest BCUT2D eigenvalue weighted by Crippen LogP contribution is 2.24. The first kappa shape index (κ1) is 25.0. The van der Waals surface area contributed by atoms with Gasteiger partial charge in [-0.15, -0.1) is 0 Å². The summed E-state index contributed by atoms with van der Waals surface area (Å²) in [5.74, 6) is -2.28. The fraction of sp³-hybridized carbons (Fsp3) is 0.292. The Bertz CT molecular complexity index is 1220. The maximum absolute atomic E-state index is 13.0. The fourth-order valence-corrected chi connectivity index (χ4v) is 3.84. The summed E-state index contributed by atoms with van der Waals surface area (Å²) in [6, 6.07) is 15.0. The van der Waals surface area contributed by atoms with Gasteiger partial charge in [-0.05, 0) is 68.1 Å². The van der Waals surface area contributed by atoms with Crippen LogP contribution >= 0.6 is 0 Å². The molecule has 0 bridgehead atoms. The molecule has 4 rings (SSSR count). The molecule has 0 atom stereocenters. The molecular weight excluding hydrogens is 451 g/mol. The summed E-state index contributed by atoms with van der Waals surface area (Å²) in [6.07, 6.45) is -0.282. The molecule has 0 saturated carbocycles. The van der Waals surface area contributed by atoms with E-state index in [9.17, 15) is 22.8 Å². The average Bonchev–Trinajstić information content (AvgIpc) is 2.80. The Morgan fingerprint density at radius 1 is 1.00 bits per heavy atom. The molecule has 1 aliphatic heterocycles. The van der Waals surface area contributed by atoms with E-state index in [1.807, 2.05) is 36.4 Å². The number of carboxylic acids is 1. The van der Waals surface area contributed by atoms with Crippen molar-refractivity contribution in [2.45, 2.75) is 25.4 Å². The molecular formula is C24H24F3N3O4. The summed E-state index contributed by atoms with van der Waals surface area (Å²) in [5, 5.41) is 14.8. The van der Waals surface area contributed by atoms with Gasteiger partial charge in [0.05, 0.1) is 0 Å². The van der Waals surface area contributed by atoms with Crippen LogP contribution in [0.3, 0.4) is 0 Å². The molecule has 10 heteroatoms. The minimum Gasteiger partial charge on any atom is -0.475 e. The van der Waals surface area contributed by atoms with Crippen molar-refractivity contribution in [2.75, 3.05) is 18.4 Å². The van der Waals surface area contributed by atoms with Gasteiger partial charge in [0, 0.05) is 28.2 Å². The Hall–Kier alpha value is -3.66. The van der Waals surface area contributed by atoms with Crippen molar-refractivity contribution in [3.8, 4) is 0 Å². The highest BCUT2D eigenvalue weighted by atomic mass is 19.4. The number of carboxylic acid groups (broad SMARTS) is 1. The molecule has 1 aliphatic rings. The number of hydrogen-bond acceptors (Lipinski definition) is 4. The van der Waals surface area contributed by atoms with Crippen LogP contribution in [0.5, 0.6) is 0 Å². The number of aliphatic carboxylic acids is 1. The number of halogens is 3. The molecule has 2 heterocycles. The van der Waals surface area contributed by atoms with Gasteiger partial charge in [0.25, 0.3) is 11.5 Å². The monoisotopic (exact) mass is 475 g/mol. The SMILES string of the molecule is O=C(Nc1cccc2c(=O)[nH]ccc12)c1ccccc1CC1CCNCC1.O=C(O)C(F)(F)F. The van der Waals surface area contributed by atoms with Gasteiger partial charge in [0.1, 0.15) is 0 Å². The van der Waals surface area contributed by atoms with Crippen molar-refractivity contribution in [1.82, 2.24) is 10.3 Å². The molecule has 1 amide bonds. The largest absolute Gasteiger partial charge is 0.490 e. The van der Waals surface area contributed by atoms with E-state index in [2.05, 4.69) is 15.6 Å². The molecule has 1 fully saturated rings. The third-order valence-electron chi connectivity index (χ3n) is 5.54. The van der Waals surface area contributed by atoms with Gasteiger partial charge >= 0.3 is 12.1 Å². The molecule has 1 saturated heterocycles. The lowest BCUT2D eigenvalue weighted by Gasteiger charge is -2.23. The molecule has 34 heavy (non-hydrogen) atoms.